The summed E-state index contributed by atoms with van der Waals surface area (Å²) in [5, 5.41) is 17.2. The highest BCUT2D eigenvalue weighted by Crippen LogP contribution is 2.08. The first kappa shape index (κ1) is 36.5. The predicted molar refractivity (Wildman–Crippen MR) is 161 cm³/mol. The molecule has 42 heavy (non-hydrogen) atoms. The molecule has 0 aliphatic rings. The minimum atomic E-state index is -0.851. The first-order valence-electron chi connectivity index (χ1n) is 15.0. The lowest BCUT2D eigenvalue weighted by Gasteiger charge is -2.27. The Labute approximate surface area is 250 Å². The monoisotopic (exact) mass is 590 g/mol. The van der Waals surface area contributed by atoms with E-state index in [2.05, 4.69) is 36.9 Å². The molecule has 0 saturated heterocycles. The van der Waals surface area contributed by atoms with Gasteiger partial charge in [0.1, 0.15) is 18.1 Å². The molecular weight excluding hydrogens is 538 g/mol. The first-order valence-corrected chi connectivity index (χ1v) is 15.0. The van der Waals surface area contributed by atoms with Gasteiger partial charge in [-0.3, -0.25) is 24.0 Å². The topological polar surface area (TPSA) is 172 Å². The van der Waals surface area contributed by atoms with Gasteiger partial charge in [0.25, 0.3) is 5.91 Å². The van der Waals surface area contributed by atoms with Gasteiger partial charge in [0, 0.05) is 31.3 Å². The average molecular weight is 591 g/mol. The van der Waals surface area contributed by atoms with Crippen molar-refractivity contribution in [2.45, 2.75) is 105 Å². The number of hydrogen-bond acceptors (Lipinski definition) is 6. The number of aromatic nitrogens is 1. The zero-order valence-corrected chi connectivity index (χ0v) is 26.4. The van der Waals surface area contributed by atoms with E-state index >= 15 is 0 Å². The van der Waals surface area contributed by atoms with Gasteiger partial charge >= 0.3 is 0 Å². The number of H-pyrrole nitrogens is 1. The van der Waals surface area contributed by atoms with Crippen LogP contribution in [0, 0.1) is 11.8 Å². The van der Waals surface area contributed by atoms with E-state index in [1.54, 1.807) is 38.4 Å². The van der Waals surface area contributed by atoms with Crippen molar-refractivity contribution in [3.63, 3.8) is 0 Å². The molecule has 0 aromatic carbocycles. The molecule has 236 valence electrons. The minimum Gasteiger partial charge on any atom is -0.355 e. The minimum absolute atomic E-state index is 0.0839. The van der Waals surface area contributed by atoms with Crippen LogP contribution in [0.2, 0.25) is 0 Å². The lowest BCUT2D eigenvalue weighted by molar-refractivity contribution is -0.378. The zero-order chi connectivity index (χ0) is 31.8. The summed E-state index contributed by atoms with van der Waals surface area (Å²) < 4.78 is 0. The smallest absolute Gasteiger partial charge is 0.252 e. The number of pyridine rings is 1. The maximum atomic E-state index is 13.3. The largest absolute Gasteiger partial charge is 0.355 e. The van der Waals surface area contributed by atoms with Gasteiger partial charge in [0.05, 0.1) is 11.6 Å². The van der Waals surface area contributed by atoms with Crippen LogP contribution in [0.4, 0.5) is 0 Å². The Bertz CT molecular complexity index is 1020. The van der Waals surface area contributed by atoms with Gasteiger partial charge in [-0.15, -0.1) is 0 Å². The molecule has 2 unspecified atom stereocenters. The van der Waals surface area contributed by atoms with Gasteiger partial charge in [-0.05, 0) is 45.4 Å². The quantitative estimate of drug-likeness (QED) is 0.147. The van der Waals surface area contributed by atoms with Crippen molar-refractivity contribution in [2.24, 2.45) is 11.8 Å². The van der Waals surface area contributed by atoms with E-state index < -0.39 is 36.0 Å². The molecule has 1 aromatic rings. The Hall–Kier alpha value is -3.54. The number of carbonyl (C=O) groups is 5. The van der Waals surface area contributed by atoms with Crippen molar-refractivity contribution < 1.29 is 29.0 Å². The molecule has 1 aromatic heterocycles. The molecule has 7 N–H and O–H groups in total. The molecule has 0 spiro atoms. The van der Waals surface area contributed by atoms with Crippen molar-refractivity contribution in [3.05, 3.63) is 30.1 Å². The van der Waals surface area contributed by atoms with Crippen molar-refractivity contribution in [2.75, 3.05) is 13.1 Å². The molecule has 0 saturated carbocycles. The van der Waals surface area contributed by atoms with E-state index in [0.29, 0.717) is 37.9 Å². The van der Waals surface area contributed by atoms with Crippen LogP contribution < -0.4 is 36.9 Å². The van der Waals surface area contributed by atoms with Crippen molar-refractivity contribution >= 4 is 29.5 Å². The Kier molecular flexibility index (Phi) is 16.3. The predicted octanol–water partition coefficient (Wildman–Crippen LogP) is 0.690. The lowest BCUT2D eigenvalue weighted by Crippen LogP contribution is -2.57. The van der Waals surface area contributed by atoms with Crippen LogP contribution in [0.3, 0.4) is 0 Å². The van der Waals surface area contributed by atoms with Gasteiger partial charge in [-0.25, -0.2) is 4.98 Å². The number of amides is 5. The summed E-state index contributed by atoms with van der Waals surface area (Å²) >= 11 is 0. The fraction of sp³-hybridized carbons (Fsp3) is 0.667. The number of nitrogens with one attached hydrogen (secondary N) is 7. The second-order valence-electron chi connectivity index (χ2n) is 11.4. The Morgan fingerprint density at radius 3 is 1.93 bits per heavy atom. The number of carbonyl (C=O) groups excluding carboxylic acids is 5. The van der Waals surface area contributed by atoms with Crippen molar-refractivity contribution in [1.82, 2.24) is 31.9 Å². The second kappa shape index (κ2) is 18.8. The molecular formula is C30H52N7O5+. The normalized spacial score (nSPS) is 14.7. The molecule has 5 atom stereocenters. The van der Waals surface area contributed by atoms with E-state index in [0.717, 1.165) is 0 Å². The Morgan fingerprint density at radius 2 is 1.38 bits per heavy atom. The van der Waals surface area contributed by atoms with Gasteiger partial charge in [-0.1, -0.05) is 41.0 Å². The van der Waals surface area contributed by atoms with E-state index in [9.17, 15) is 24.0 Å². The third-order valence-electron chi connectivity index (χ3n) is 6.70. The van der Waals surface area contributed by atoms with Crippen LogP contribution in [0.15, 0.2) is 24.5 Å². The van der Waals surface area contributed by atoms with Crippen LogP contribution in [0.5, 0.6) is 0 Å². The number of rotatable bonds is 18. The summed E-state index contributed by atoms with van der Waals surface area (Å²) in [5.41, 5.74) is 0.409. The molecule has 0 radical (unpaired) electrons. The molecule has 1 heterocycles. The van der Waals surface area contributed by atoms with E-state index in [1.165, 1.54) is 0 Å². The molecule has 1 rings (SSSR count). The third-order valence-corrected chi connectivity index (χ3v) is 6.70. The van der Waals surface area contributed by atoms with Crippen LogP contribution in [0.25, 0.3) is 0 Å². The standard InChI is InChI=1S/C30H51N7O5/c1-9-11-24(36-27(39)21(8)34-28(40)22-12-14-31-15-13-22)29(41)35-23(16-18(3)4)17-33-20(7)26(38)37-25(19(5)6)30(42)32-10-2/h12-15,18-21,23-25,33H,9-11,16-17H2,1-8H3,(H,32,42)(H,34,40)(H,35,41)(H,36,39)(H,37,38)/p+1/t20-,21-,23?,24-,25?/m0/s1. The maximum Gasteiger partial charge on any atom is 0.252 e. The summed E-state index contributed by atoms with van der Waals surface area (Å²) in [6.45, 7) is 15.6. The van der Waals surface area contributed by atoms with Crippen LogP contribution >= 0.6 is 0 Å². The van der Waals surface area contributed by atoms with Crippen LogP contribution in [-0.4, -0.2) is 72.8 Å². The summed E-state index contributed by atoms with van der Waals surface area (Å²) in [7, 11) is 0. The summed E-state index contributed by atoms with van der Waals surface area (Å²) in [6.07, 6.45) is 4.96. The Morgan fingerprint density at radius 1 is 0.762 bits per heavy atom. The van der Waals surface area contributed by atoms with Crippen molar-refractivity contribution in [1.29, 1.82) is 0 Å². The lowest BCUT2D eigenvalue weighted by atomic mass is 10.0. The SMILES string of the molecule is CCC[C@H](NC(=O)[C@H](C)NC(=O)c1cc[nH+]cc1)C(=O)NC(CN[C@@H](C)C(=O)NC(C(=O)NCC)C(C)C)CC(C)C. The zero-order valence-electron chi connectivity index (χ0n) is 26.4. The number of likely N-dealkylation sites (N-methyl/N-ethyl adjacent to an activating group) is 1. The summed E-state index contributed by atoms with van der Waals surface area (Å²) in [6, 6.07) is 0.0112. The van der Waals surface area contributed by atoms with Crippen LogP contribution in [0.1, 0.15) is 85.0 Å². The highest BCUT2D eigenvalue weighted by atomic mass is 16.2. The van der Waals surface area contributed by atoms with Crippen LogP contribution in [-0.2, 0) is 19.2 Å². The number of hydrogen-bond donors (Lipinski definition) is 6. The molecule has 0 aliphatic heterocycles. The maximum absolute atomic E-state index is 13.3. The van der Waals surface area contributed by atoms with Gasteiger partial charge in [0.2, 0.25) is 23.6 Å². The van der Waals surface area contributed by atoms with E-state index in [4.69, 9.17) is 0 Å². The number of aromatic amines is 1. The Balaban J connectivity index is 2.80. The molecule has 0 aliphatic carbocycles. The highest BCUT2D eigenvalue weighted by Gasteiger charge is 2.28. The summed E-state index contributed by atoms with van der Waals surface area (Å²) in [5.74, 6) is -1.55. The molecule has 12 nitrogen and oxygen atoms in total. The molecule has 0 fully saturated rings. The first-order chi connectivity index (χ1) is 19.8. The van der Waals surface area contributed by atoms with Gasteiger partial charge in [0.15, 0.2) is 12.4 Å². The molecule has 0 bridgehead atoms. The highest BCUT2D eigenvalue weighted by molar-refractivity contribution is 5.98. The fourth-order valence-electron chi connectivity index (χ4n) is 4.31. The second-order valence-corrected chi connectivity index (χ2v) is 11.4. The van der Waals surface area contributed by atoms with Crippen molar-refractivity contribution in [3.8, 4) is 0 Å². The molecule has 5 amide bonds. The third kappa shape index (κ3) is 13.0. The van der Waals surface area contributed by atoms with Gasteiger partial charge < -0.3 is 31.9 Å². The fourth-order valence-corrected chi connectivity index (χ4v) is 4.31. The molecule has 12 heteroatoms. The van der Waals surface area contributed by atoms with Gasteiger partial charge in [-0.2, -0.15) is 0 Å². The van der Waals surface area contributed by atoms with E-state index in [-0.39, 0.29) is 35.6 Å². The van der Waals surface area contributed by atoms with E-state index in [1.807, 2.05) is 41.5 Å². The summed E-state index contributed by atoms with van der Waals surface area (Å²) in [4.78, 5) is 66.7. The average Bonchev–Trinajstić information content (AvgIpc) is 2.93.